The molecule has 0 spiro atoms. The maximum Gasteiger partial charge on any atom is 0.200 e. The van der Waals surface area contributed by atoms with Gasteiger partial charge in [-0.25, -0.2) is 10.0 Å². The largest absolute Gasteiger partial charge is 0.295 e. The van der Waals surface area contributed by atoms with Gasteiger partial charge in [-0.3, -0.25) is 9.59 Å². The van der Waals surface area contributed by atoms with Crippen LogP contribution in [0.15, 0.2) is 30.3 Å². The standard InChI is InChI=1S/C18H26N2O2/c1-18(2,17(22)15-21)10-13-19-11-6-7-12-20(19)14-16-8-4-3-5-9-16/h3-5,8-9,15H,6-7,10-14H2,1-2H3. The van der Waals surface area contributed by atoms with Gasteiger partial charge in [0.05, 0.1) is 0 Å². The van der Waals surface area contributed by atoms with Crippen LogP contribution in [0.3, 0.4) is 0 Å². The molecule has 0 unspecified atom stereocenters. The average Bonchev–Trinajstić information content (AvgIpc) is 2.54. The fourth-order valence-electron chi connectivity index (χ4n) is 2.79. The van der Waals surface area contributed by atoms with E-state index in [9.17, 15) is 9.59 Å². The Kier molecular flexibility index (Phi) is 5.86. The minimum absolute atomic E-state index is 0.306. The molecule has 0 bridgehead atoms. The lowest BCUT2D eigenvalue weighted by Gasteiger charge is -2.40. The molecule has 4 heteroatoms. The maximum absolute atomic E-state index is 11.7. The summed E-state index contributed by atoms with van der Waals surface area (Å²) in [6.45, 7) is 7.52. The van der Waals surface area contributed by atoms with Crippen molar-refractivity contribution in [1.82, 2.24) is 10.0 Å². The quantitative estimate of drug-likeness (QED) is 0.573. The zero-order chi connectivity index (χ0) is 16.0. The van der Waals surface area contributed by atoms with Gasteiger partial charge in [-0.15, -0.1) is 0 Å². The Morgan fingerprint density at radius 3 is 2.41 bits per heavy atom. The number of benzene rings is 1. The van der Waals surface area contributed by atoms with Gasteiger partial charge in [0.15, 0.2) is 6.29 Å². The van der Waals surface area contributed by atoms with Crippen LogP contribution >= 0.6 is 0 Å². The van der Waals surface area contributed by atoms with E-state index in [1.165, 1.54) is 18.4 Å². The van der Waals surface area contributed by atoms with Gasteiger partial charge in [-0.2, -0.15) is 0 Å². The van der Waals surface area contributed by atoms with Crippen molar-refractivity contribution in [3.8, 4) is 0 Å². The predicted molar refractivity (Wildman–Crippen MR) is 87.1 cm³/mol. The molecule has 0 aromatic heterocycles. The van der Waals surface area contributed by atoms with E-state index in [-0.39, 0.29) is 5.78 Å². The van der Waals surface area contributed by atoms with Crippen molar-refractivity contribution in [2.45, 2.75) is 39.7 Å². The van der Waals surface area contributed by atoms with Gasteiger partial charge >= 0.3 is 0 Å². The van der Waals surface area contributed by atoms with Crippen LogP contribution in [0.25, 0.3) is 0 Å². The van der Waals surface area contributed by atoms with Gasteiger partial charge in [-0.05, 0) is 24.8 Å². The number of hydrogen-bond donors (Lipinski definition) is 0. The molecule has 0 N–H and O–H groups in total. The summed E-state index contributed by atoms with van der Waals surface area (Å²) in [4.78, 5) is 22.4. The third-order valence-electron chi connectivity index (χ3n) is 4.46. The number of Topliss-reactive ketones (excluding diaryl/α,β-unsaturated/α-hetero) is 1. The third kappa shape index (κ3) is 4.49. The maximum atomic E-state index is 11.7. The molecule has 22 heavy (non-hydrogen) atoms. The van der Waals surface area contributed by atoms with Gasteiger partial charge < -0.3 is 0 Å². The highest BCUT2D eigenvalue weighted by molar-refractivity contribution is 6.27. The van der Waals surface area contributed by atoms with Crippen LogP contribution in [0.4, 0.5) is 0 Å². The van der Waals surface area contributed by atoms with Crippen molar-refractivity contribution in [3.63, 3.8) is 0 Å². The molecule has 0 radical (unpaired) electrons. The Morgan fingerprint density at radius 1 is 1.14 bits per heavy atom. The van der Waals surface area contributed by atoms with Crippen molar-refractivity contribution in [1.29, 1.82) is 0 Å². The van der Waals surface area contributed by atoms with Crippen molar-refractivity contribution < 1.29 is 9.59 Å². The average molecular weight is 302 g/mol. The van der Waals surface area contributed by atoms with Gasteiger partial charge in [0, 0.05) is 31.6 Å². The van der Waals surface area contributed by atoms with Gasteiger partial charge in [0.25, 0.3) is 0 Å². The van der Waals surface area contributed by atoms with E-state index >= 15 is 0 Å². The van der Waals surface area contributed by atoms with E-state index in [0.717, 1.165) is 26.2 Å². The summed E-state index contributed by atoms with van der Waals surface area (Å²) in [7, 11) is 0. The Morgan fingerprint density at radius 2 is 1.77 bits per heavy atom. The number of ketones is 1. The van der Waals surface area contributed by atoms with E-state index < -0.39 is 5.41 Å². The number of hydrogen-bond acceptors (Lipinski definition) is 4. The van der Waals surface area contributed by atoms with Crippen LogP contribution in [-0.2, 0) is 16.1 Å². The summed E-state index contributed by atoms with van der Waals surface area (Å²) in [6, 6.07) is 10.5. The summed E-state index contributed by atoms with van der Waals surface area (Å²) in [5.41, 5.74) is 0.732. The lowest BCUT2D eigenvalue weighted by molar-refractivity contribution is -0.136. The van der Waals surface area contributed by atoms with E-state index in [0.29, 0.717) is 12.7 Å². The first-order chi connectivity index (χ1) is 10.5. The lowest BCUT2D eigenvalue weighted by Crippen LogP contribution is -2.48. The number of rotatable bonds is 7. The fraction of sp³-hybridized carbons (Fsp3) is 0.556. The van der Waals surface area contributed by atoms with Gasteiger partial charge in [-0.1, -0.05) is 44.2 Å². The number of nitrogens with zero attached hydrogens (tertiary/aromatic N) is 2. The molecule has 1 heterocycles. The van der Waals surface area contributed by atoms with Crippen LogP contribution in [0.5, 0.6) is 0 Å². The Bertz CT molecular complexity index is 499. The molecular formula is C18H26N2O2. The minimum atomic E-state index is -0.572. The highest BCUT2D eigenvalue weighted by atomic mass is 16.2. The Labute approximate surface area is 133 Å². The molecule has 1 aliphatic heterocycles. The predicted octanol–water partition coefficient (Wildman–Crippen LogP) is 2.68. The zero-order valence-corrected chi connectivity index (χ0v) is 13.6. The van der Waals surface area contributed by atoms with Gasteiger partial charge in [0.2, 0.25) is 5.78 Å². The second kappa shape index (κ2) is 7.65. The molecule has 1 aliphatic rings. The molecule has 0 aliphatic carbocycles. The lowest BCUT2D eigenvalue weighted by atomic mass is 9.85. The normalized spacial score (nSPS) is 17.4. The summed E-state index contributed by atoms with van der Waals surface area (Å²) in [6.07, 6.45) is 3.56. The van der Waals surface area contributed by atoms with E-state index in [2.05, 4.69) is 34.3 Å². The summed E-state index contributed by atoms with van der Waals surface area (Å²) < 4.78 is 0. The SMILES string of the molecule is CC(C)(CCN1CCCCN1Cc1ccccc1)C(=O)C=O. The van der Waals surface area contributed by atoms with Crippen LogP contribution in [-0.4, -0.2) is 41.7 Å². The second-order valence-corrected chi connectivity index (χ2v) is 6.65. The van der Waals surface area contributed by atoms with Crippen LogP contribution < -0.4 is 0 Å². The van der Waals surface area contributed by atoms with Gasteiger partial charge in [0.1, 0.15) is 0 Å². The molecule has 0 atom stereocenters. The third-order valence-corrected chi connectivity index (χ3v) is 4.46. The molecule has 0 saturated carbocycles. The molecular weight excluding hydrogens is 276 g/mol. The summed E-state index contributed by atoms with van der Waals surface area (Å²) >= 11 is 0. The van der Waals surface area contributed by atoms with Crippen LogP contribution in [0, 0.1) is 5.41 Å². The molecule has 4 nitrogen and oxygen atoms in total. The van der Waals surface area contributed by atoms with Crippen molar-refractivity contribution in [2.24, 2.45) is 5.41 Å². The molecule has 2 rings (SSSR count). The topological polar surface area (TPSA) is 40.6 Å². The summed E-state index contributed by atoms with van der Waals surface area (Å²) in [5.74, 6) is -0.306. The Hall–Kier alpha value is -1.52. The number of hydrazine groups is 1. The van der Waals surface area contributed by atoms with Crippen molar-refractivity contribution in [3.05, 3.63) is 35.9 Å². The highest BCUT2D eigenvalue weighted by Gasteiger charge is 2.29. The smallest absolute Gasteiger partial charge is 0.200 e. The summed E-state index contributed by atoms with van der Waals surface area (Å²) in [5, 5.41) is 4.72. The molecule has 1 aromatic rings. The molecule has 120 valence electrons. The van der Waals surface area contributed by atoms with Crippen molar-refractivity contribution in [2.75, 3.05) is 19.6 Å². The highest BCUT2D eigenvalue weighted by Crippen LogP contribution is 2.23. The molecule has 1 fully saturated rings. The monoisotopic (exact) mass is 302 g/mol. The van der Waals surface area contributed by atoms with Crippen LogP contribution in [0.1, 0.15) is 38.7 Å². The van der Waals surface area contributed by atoms with E-state index in [1.807, 2.05) is 19.9 Å². The number of carbonyl (C=O) groups is 2. The molecule has 1 aromatic carbocycles. The fourth-order valence-corrected chi connectivity index (χ4v) is 2.79. The first-order valence-electron chi connectivity index (χ1n) is 8.06. The zero-order valence-electron chi connectivity index (χ0n) is 13.6. The van der Waals surface area contributed by atoms with Crippen LogP contribution in [0.2, 0.25) is 0 Å². The Balaban J connectivity index is 1.95. The molecule has 0 amide bonds. The first-order valence-corrected chi connectivity index (χ1v) is 8.06. The molecule has 1 saturated heterocycles. The van der Waals surface area contributed by atoms with Crippen molar-refractivity contribution >= 4 is 12.1 Å². The number of carbonyl (C=O) groups excluding carboxylic acids is 2. The second-order valence-electron chi connectivity index (χ2n) is 6.65. The number of aldehydes is 1. The first kappa shape index (κ1) is 16.8. The van der Waals surface area contributed by atoms with E-state index in [4.69, 9.17) is 0 Å². The van der Waals surface area contributed by atoms with E-state index in [1.54, 1.807) is 0 Å². The minimum Gasteiger partial charge on any atom is -0.295 e.